The van der Waals surface area contributed by atoms with Gasteiger partial charge < -0.3 is 14.1 Å². The van der Waals surface area contributed by atoms with Crippen molar-refractivity contribution < 1.29 is 14.0 Å². The maximum absolute atomic E-state index is 13.8. The summed E-state index contributed by atoms with van der Waals surface area (Å²) in [5.74, 6) is 0.396. The Hall–Kier alpha value is -4.37. The van der Waals surface area contributed by atoms with Crippen LogP contribution in [0.5, 0.6) is 5.75 Å². The van der Waals surface area contributed by atoms with Gasteiger partial charge in [-0.2, -0.15) is 5.26 Å². The minimum absolute atomic E-state index is 0.174. The van der Waals surface area contributed by atoms with Gasteiger partial charge in [0.05, 0.1) is 17.8 Å². The number of nitrogens with zero attached hydrogens (tertiary/aromatic N) is 3. The summed E-state index contributed by atoms with van der Waals surface area (Å²) >= 11 is 0. The predicted molar refractivity (Wildman–Crippen MR) is 130 cm³/mol. The molecule has 34 heavy (non-hydrogen) atoms. The highest BCUT2D eigenvalue weighted by Crippen LogP contribution is 2.23. The molecule has 170 valence electrons. The topological polar surface area (TPSA) is 59.5 Å². The molecule has 1 heterocycles. The second-order valence-corrected chi connectivity index (χ2v) is 7.81. The molecule has 4 aromatic rings. The standard InChI is InChI=1S/C28H24FN3O2/c1-20-15-25(17-31-34-19-23-8-4-3-7-22(23)16-30)21(2)32(20)26-11-13-27(14-12-26)33-18-24-9-5-6-10-28(24)29/h3-15,17H,18-19H2,1-2H3/b31-17-. The van der Waals surface area contributed by atoms with Crippen LogP contribution in [0.4, 0.5) is 4.39 Å². The summed E-state index contributed by atoms with van der Waals surface area (Å²) in [7, 11) is 0. The number of halogens is 1. The lowest BCUT2D eigenvalue weighted by Gasteiger charge is -2.12. The van der Waals surface area contributed by atoms with Gasteiger partial charge in [0.25, 0.3) is 0 Å². The van der Waals surface area contributed by atoms with Gasteiger partial charge >= 0.3 is 0 Å². The van der Waals surface area contributed by atoms with Crippen LogP contribution < -0.4 is 4.74 Å². The number of hydrogen-bond donors (Lipinski definition) is 0. The zero-order valence-electron chi connectivity index (χ0n) is 19.0. The monoisotopic (exact) mass is 453 g/mol. The highest BCUT2D eigenvalue weighted by molar-refractivity contribution is 5.81. The molecular weight excluding hydrogens is 429 g/mol. The van der Waals surface area contributed by atoms with Gasteiger partial charge in [-0.15, -0.1) is 0 Å². The van der Waals surface area contributed by atoms with Crippen molar-refractivity contribution in [2.24, 2.45) is 5.16 Å². The molecule has 4 rings (SSSR count). The Balaban J connectivity index is 1.42. The minimum Gasteiger partial charge on any atom is -0.489 e. The lowest BCUT2D eigenvalue weighted by atomic mass is 10.1. The van der Waals surface area contributed by atoms with E-state index in [0.29, 0.717) is 16.9 Å². The first-order chi connectivity index (χ1) is 16.6. The summed E-state index contributed by atoms with van der Waals surface area (Å²) in [6.07, 6.45) is 1.68. The van der Waals surface area contributed by atoms with Crippen LogP contribution in [0.3, 0.4) is 0 Å². The molecule has 0 unspecified atom stereocenters. The summed E-state index contributed by atoms with van der Waals surface area (Å²) in [6, 6.07) is 25.8. The van der Waals surface area contributed by atoms with E-state index in [0.717, 1.165) is 28.2 Å². The van der Waals surface area contributed by atoms with E-state index in [1.807, 2.05) is 62.4 Å². The minimum atomic E-state index is -0.273. The van der Waals surface area contributed by atoms with Crippen molar-refractivity contribution in [3.8, 4) is 17.5 Å². The Labute approximate surface area is 198 Å². The quantitative estimate of drug-likeness (QED) is 0.235. The van der Waals surface area contributed by atoms with E-state index in [1.165, 1.54) is 6.07 Å². The highest BCUT2D eigenvalue weighted by atomic mass is 19.1. The summed E-state index contributed by atoms with van der Waals surface area (Å²) in [4.78, 5) is 5.43. The summed E-state index contributed by atoms with van der Waals surface area (Å²) in [5, 5.41) is 13.3. The lowest BCUT2D eigenvalue weighted by molar-refractivity contribution is 0.132. The molecule has 0 saturated heterocycles. The van der Waals surface area contributed by atoms with E-state index < -0.39 is 0 Å². The van der Waals surface area contributed by atoms with Crippen molar-refractivity contribution in [2.45, 2.75) is 27.1 Å². The number of ether oxygens (including phenoxy) is 1. The molecule has 1 aromatic heterocycles. The van der Waals surface area contributed by atoms with Crippen LogP contribution in [0.2, 0.25) is 0 Å². The fraction of sp³-hybridized carbons (Fsp3) is 0.143. The van der Waals surface area contributed by atoms with Crippen LogP contribution in [0, 0.1) is 31.0 Å². The Morgan fingerprint density at radius 3 is 2.38 bits per heavy atom. The molecule has 5 nitrogen and oxygen atoms in total. The molecule has 0 spiro atoms. The van der Waals surface area contributed by atoms with E-state index in [2.05, 4.69) is 15.8 Å². The first kappa shape index (κ1) is 22.8. The van der Waals surface area contributed by atoms with Gasteiger partial charge in [-0.25, -0.2) is 4.39 Å². The van der Waals surface area contributed by atoms with Crippen LogP contribution >= 0.6 is 0 Å². The number of aryl methyl sites for hydroxylation is 1. The SMILES string of the molecule is Cc1cc(/C=N\OCc2ccccc2C#N)c(C)n1-c1ccc(OCc2ccccc2F)cc1. The van der Waals surface area contributed by atoms with Gasteiger partial charge in [-0.05, 0) is 56.3 Å². The number of benzene rings is 3. The lowest BCUT2D eigenvalue weighted by Crippen LogP contribution is -2.01. The molecular formula is C28H24FN3O2. The van der Waals surface area contributed by atoms with Crippen LogP contribution in [0.25, 0.3) is 5.69 Å². The maximum Gasteiger partial charge on any atom is 0.143 e. The number of nitriles is 1. The second kappa shape index (κ2) is 10.5. The van der Waals surface area contributed by atoms with E-state index >= 15 is 0 Å². The molecule has 6 heteroatoms. The number of aromatic nitrogens is 1. The summed E-state index contributed by atoms with van der Waals surface area (Å²) in [6.45, 7) is 4.44. The Bertz CT molecular complexity index is 1350. The largest absolute Gasteiger partial charge is 0.489 e. The summed E-state index contributed by atoms with van der Waals surface area (Å²) in [5.41, 5.74) is 5.88. The number of oxime groups is 1. The molecule has 0 aliphatic heterocycles. The Morgan fingerprint density at radius 2 is 1.65 bits per heavy atom. The van der Waals surface area contributed by atoms with Crippen molar-refractivity contribution in [1.29, 1.82) is 5.26 Å². The first-order valence-corrected chi connectivity index (χ1v) is 10.9. The predicted octanol–water partition coefficient (Wildman–Crippen LogP) is 6.23. The number of hydrogen-bond acceptors (Lipinski definition) is 4. The average molecular weight is 454 g/mol. The fourth-order valence-electron chi connectivity index (χ4n) is 3.74. The van der Waals surface area contributed by atoms with Crippen molar-refractivity contribution in [3.05, 3.63) is 118 Å². The smallest absolute Gasteiger partial charge is 0.143 e. The molecule has 0 amide bonds. The number of rotatable bonds is 8. The van der Waals surface area contributed by atoms with Gasteiger partial charge in [-0.3, -0.25) is 0 Å². The zero-order chi connectivity index (χ0) is 23.9. The van der Waals surface area contributed by atoms with Crippen molar-refractivity contribution >= 4 is 6.21 Å². The molecule has 0 radical (unpaired) electrons. The van der Waals surface area contributed by atoms with Crippen LogP contribution in [-0.4, -0.2) is 10.8 Å². The summed E-state index contributed by atoms with van der Waals surface area (Å²) < 4.78 is 21.6. The fourth-order valence-corrected chi connectivity index (χ4v) is 3.74. The van der Waals surface area contributed by atoms with Crippen molar-refractivity contribution in [1.82, 2.24) is 4.57 Å². The van der Waals surface area contributed by atoms with Crippen LogP contribution in [-0.2, 0) is 18.1 Å². The Kier molecular flexibility index (Phi) is 7.04. The van der Waals surface area contributed by atoms with Crippen LogP contribution in [0.15, 0.2) is 84.0 Å². The third kappa shape index (κ3) is 5.16. The molecule has 0 fully saturated rings. The van der Waals surface area contributed by atoms with E-state index in [4.69, 9.17) is 9.57 Å². The molecule has 0 atom stereocenters. The first-order valence-electron chi connectivity index (χ1n) is 10.9. The second-order valence-electron chi connectivity index (χ2n) is 7.81. The van der Waals surface area contributed by atoms with E-state index in [9.17, 15) is 9.65 Å². The molecule has 0 N–H and O–H groups in total. The Morgan fingerprint density at radius 1 is 0.941 bits per heavy atom. The van der Waals surface area contributed by atoms with Crippen molar-refractivity contribution in [2.75, 3.05) is 0 Å². The van der Waals surface area contributed by atoms with Crippen LogP contribution in [0.1, 0.15) is 33.6 Å². The maximum atomic E-state index is 13.8. The zero-order valence-corrected chi connectivity index (χ0v) is 19.0. The average Bonchev–Trinajstić information content (AvgIpc) is 3.14. The van der Waals surface area contributed by atoms with Gasteiger partial charge in [-0.1, -0.05) is 41.6 Å². The third-order valence-corrected chi connectivity index (χ3v) is 5.54. The molecule has 0 saturated carbocycles. The molecule has 0 aliphatic carbocycles. The van der Waals surface area contributed by atoms with Gasteiger partial charge in [0, 0.05) is 33.8 Å². The van der Waals surface area contributed by atoms with E-state index in [1.54, 1.807) is 30.5 Å². The molecule has 0 bridgehead atoms. The van der Waals surface area contributed by atoms with Crippen molar-refractivity contribution in [3.63, 3.8) is 0 Å². The highest BCUT2D eigenvalue weighted by Gasteiger charge is 2.10. The van der Waals surface area contributed by atoms with Gasteiger partial charge in [0.15, 0.2) is 0 Å². The molecule has 0 aliphatic rings. The van der Waals surface area contributed by atoms with Gasteiger partial charge in [0.1, 0.15) is 24.8 Å². The third-order valence-electron chi connectivity index (χ3n) is 5.54. The van der Waals surface area contributed by atoms with E-state index in [-0.39, 0.29) is 19.0 Å². The molecule has 3 aromatic carbocycles. The normalized spacial score (nSPS) is 10.9. The van der Waals surface area contributed by atoms with Gasteiger partial charge in [0.2, 0.25) is 0 Å².